The molecule has 1 aliphatic heterocycles. The van der Waals surface area contributed by atoms with Crippen LogP contribution in [-0.2, 0) is 20.8 Å². The minimum atomic E-state index is -0.124. The zero-order valence-corrected chi connectivity index (χ0v) is 14.8. The number of nitrogens with zero attached hydrogens (tertiary/aromatic N) is 2. The van der Waals surface area contributed by atoms with Gasteiger partial charge in [-0.05, 0) is 25.0 Å². The summed E-state index contributed by atoms with van der Waals surface area (Å²) in [6.07, 6.45) is 3.14. The summed E-state index contributed by atoms with van der Waals surface area (Å²) < 4.78 is 1.19. The van der Waals surface area contributed by atoms with Gasteiger partial charge in [0.2, 0.25) is 17.7 Å². The predicted octanol–water partition coefficient (Wildman–Crippen LogP) is 2.27. The van der Waals surface area contributed by atoms with Gasteiger partial charge in [-0.25, -0.2) is 4.98 Å². The third-order valence-corrected chi connectivity index (χ3v) is 5.26. The molecule has 1 fully saturated rings. The molecule has 1 saturated heterocycles. The summed E-state index contributed by atoms with van der Waals surface area (Å²) in [5, 5.41) is 3.97. The first-order valence-electron chi connectivity index (χ1n) is 8.58. The minimum Gasteiger partial charge on any atom is -0.356 e. The lowest BCUT2D eigenvalue weighted by molar-refractivity contribution is -0.138. The summed E-state index contributed by atoms with van der Waals surface area (Å²) in [6, 6.07) is 8.06. The Balaban J connectivity index is 1.31. The molecule has 0 aliphatic carbocycles. The molecule has 3 rings (SSSR count). The Morgan fingerprint density at radius 3 is 2.68 bits per heavy atom. The number of nitrogens with one attached hydrogen (secondary N) is 1. The van der Waals surface area contributed by atoms with Gasteiger partial charge in [0, 0.05) is 38.8 Å². The van der Waals surface area contributed by atoms with E-state index in [1.807, 2.05) is 18.2 Å². The van der Waals surface area contributed by atoms with E-state index in [1.165, 1.54) is 9.60 Å². The number of benzene rings is 1. The summed E-state index contributed by atoms with van der Waals surface area (Å²) in [6.45, 7) is 0.952. The number of carbonyl (C=O) groups is 3. The Labute approximate surface area is 150 Å². The van der Waals surface area contributed by atoms with Crippen LogP contribution in [-0.4, -0.2) is 40.7 Å². The number of likely N-dealkylation sites (tertiary alicyclic amines) is 1. The number of carbonyl (C=O) groups excluding carboxylic acids is 3. The largest absolute Gasteiger partial charge is 0.356 e. The number of thiazole rings is 1. The third-order valence-electron chi connectivity index (χ3n) is 4.17. The number of para-hydroxylation sites is 1. The van der Waals surface area contributed by atoms with E-state index in [0.717, 1.165) is 23.4 Å². The molecule has 0 saturated carbocycles. The van der Waals surface area contributed by atoms with Crippen LogP contribution in [0.4, 0.5) is 0 Å². The van der Waals surface area contributed by atoms with Crippen molar-refractivity contribution in [2.24, 2.45) is 0 Å². The molecular weight excluding hydrogens is 338 g/mol. The maximum absolute atomic E-state index is 11.8. The highest BCUT2D eigenvalue weighted by Crippen LogP contribution is 2.22. The zero-order valence-electron chi connectivity index (χ0n) is 14.0. The van der Waals surface area contributed by atoms with Gasteiger partial charge in [-0.3, -0.25) is 19.3 Å². The van der Waals surface area contributed by atoms with Crippen molar-refractivity contribution in [3.8, 4) is 0 Å². The monoisotopic (exact) mass is 359 g/mol. The fraction of sp³-hybridized carbons (Fsp3) is 0.444. The average Bonchev–Trinajstić information content (AvgIpc) is 3.16. The minimum absolute atomic E-state index is 0.0385. The molecule has 2 heterocycles. The summed E-state index contributed by atoms with van der Waals surface area (Å²) >= 11 is 1.69. The van der Waals surface area contributed by atoms with Gasteiger partial charge < -0.3 is 5.32 Å². The van der Waals surface area contributed by atoms with E-state index in [2.05, 4.69) is 16.4 Å². The molecule has 1 aromatic carbocycles. The van der Waals surface area contributed by atoms with E-state index < -0.39 is 0 Å². The third kappa shape index (κ3) is 4.63. The van der Waals surface area contributed by atoms with Gasteiger partial charge in [0.15, 0.2) is 0 Å². The first-order valence-corrected chi connectivity index (χ1v) is 9.39. The van der Waals surface area contributed by atoms with Gasteiger partial charge in [0.25, 0.3) is 0 Å². The number of aromatic nitrogens is 1. The molecule has 0 spiro atoms. The molecule has 1 aromatic heterocycles. The number of hydrogen-bond acceptors (Lipinski definition) is 5. The smallest absolute Gasteiger partial charge is 0.229 e. The maximum atomic E-state index is 11.8. The molecule has 1 N–H and O–H groups in total. The van der Waals surface area contributed by atoms with Crippen LogP contribution in [0.5, 0.6) is 0 Å². The van der Waals surface area contributed by atoms with E-state index in [1.54, 1.807) is 11.3 Å². The number of imide groups is 1. The van der Waals surface area contributed by atoms with E-state index in [9.17, 15) is 14.4 Å². The van der Waals surface area contributed by atoms with Gasteiger partial charge in [0.1, 0.15) is 0 Å². The highest BCUT2D eigenvalue weighted by molar-refractivity contribution is 7.18. The first-order chi connectivity index (χ1) is 12.1. The lowest BCUT2D eigenvalue weighted by atomic mass is 10.2. The van der Waals surface area contributed by atoms with Crippen molar-refractivity contribution in [2.45, 2.75) is 38.5 Å². The van der Waals surface area contributed by atoms with Crippen LogP contribution < -0.4 is 5.32 Å². The summed E-state index contributed by atoms with van der Waals surface area (Å²) in [7, 11) is 0. The summed E-state index contributed by atoms with van der Waals surface area (Å²) in [4.78, 5) is 40.6. The van der Waals surface area contributed by atoms with Crippen molar-refractivity contribution in [3.05, 3.63) is 29.3 Å². The molecule has 2 aromatic rings. The molecule has 1 aliphatic rings. The van der Waals surface area contributed by atoms with Gasteiger partial charge in [-0.15, -0.1) is 11.3 Å². The van der Waals surface area contributed by atoms with Crippen molar-refractivity contribution in [1.82, 2.24) is 15.2 Å². The van der Waals surface area contributed by atoms with Crippen LogP contribution in [0, 0.1) is 0 Å². The predicted molar refractivity (Wildman–Crippen MR) is 96.1 cm³/mol. The number of amides is 3. The van der Waals surface area contributed by atoms with Gasteiger partial charge in [0.05, 0.1) is 15.2 Å². The van der Waals surface area contributed by atoms with Crippen LogP contribution in [0.2, 0.25) is 0 Å². The number of fused-ring (bicyclic) bond motifs is 1. The Morgan fingerprint density at radius 2 is 1.92 bits per heavy atom. The Kier molecular flexibility index (Phi) is 5.75. The van der Waals surface area contributed by atoms with Gasteiger partial charge in [-0.1, -0.05) is 12.1 Å². The van der Waals surface area contributed by atoms with Crippen molar-refractivity contribution in [2.75, 3.05) is 13.1 Å². The molecule has 3 amide bonds. The molecule has 7 heteroatoms. The first kappa shape index (κ1) is 17.5. The topological polar surface area (TPSA) is 79.4 Å². The molecule has 132 valence electrons. The van der Waals surface area contributed by atoms with Crippen LogP contribution in [0.1, 0.15) is 37.1 Å². The van der Waals surface area contributed by atoms with Crippen LogP contribution in [0.25, 0.3) is 10.2 Å². The second-order valence-corrected chi connectivity index (χ2v) is 7.19. The highest BCUT2D eigenvalue weighted by atomic mass is 32.1. The Morgan fingerprint density at radius 1 is 1.16 bits per heavy atom. The van der Waals surface area contributed by atoms with Crippen molar-refractivity contribution < 1.29 is 14.4 Å². The number of rotatable bonds is 8. The fourth-order valence-electron chi connectivity index (χ4n) is 2.85. The van der Waals surface area contributed by atoms with Gasteiger partial charge in [-0.2, -0.15) is 0 Å². The molecule has 0 bridgehead atoms. The second-order valence-electron chi connectivity index (χ2n) is 6.07. The standard InChI is InChI=1S/C18H21N3O3S/c22-15(7-4-12-21-17(23)9-10-18(21)24)19-11-3-8-16-20-13-5-1-2-6-14(13)25-16/h1-2,5-6H,3-4,7-12H2,(H,19,22). The van der Waals surface area contributed by atoms with E-state index >= 15 is 0 Å². The van der Waals surface area contributed by atoms with Gasteiger partial charge >= 0.3 is 0 Å². The fourth-order valence-corrected chi connectivity index (χ4v) is 3.86. The van der Waals surface area contributed by atoms with Crippen molar-refractivity contribution >= 4 is 39.3 Å². The van der Waals surface area contributed by atoms with Crippen LogP contribution in [0.3, 0.4) is 0 Å². The van der Waals surface area contributed by atoms with Crippen molar-refractivity contribution in [3.63, 3.8) is 0 Å². The average molecular weight is 359 g/mol. The Hall–Kier alpha value is -2.28. The lowest BCUT2D eigenvalue weighted by Crippen LogP contribution is -2.31. The normalized spacial score (nSPS) is 14.5. The molecule has 0 radical (unpaired) electrons. The lowest BCUT2D eigenvalue weighted by Gasteiger charge is -2.13. The Bertz CT molecular complexity index is 738. The zero-order chi connectivity index (χ0) is 17.6. The van der Waals surface area contributed by atoms with Crippen molar-refractivity contribution in [1.29, 1.82) is 0 Å². The number of aryl methyl sites for hydroxylation is 1. The molecule has 0 atom stereocenters. The number of hydrogen-bond donors (Lipinski definition) is 1. The van der Waals surface area contributed by atoms with Crippen LogP contribution >= 0.6 is 11.3 Å². The van der Waals surface area contributed by atoms with E-state index in [4.69, 9.17) is 0 Å². The quantitative estimate of drug-likeness (QED) is 0.579. The summed E-state index contributed by atoms with van der Waals surface area (Å²) in [5.74, 6) is -0.286. The SMILES string of the molecule is O=C(CCCN1C(=O)CCC1=O)NCCCc1nc2ccccc2s1. The maximum Gasteiger partial charge on any atom is 0.229 e. The molecule has 25 heavy (non-hydrogen) atoms. The summed E-state index contributed by atoms with van der Waals surface area (Å²) in [5.41, 5.74) is 1.03. The molecule has 6 nitrogen and oxygen atoms in total. The second kappa shape index (κ2) is 8.20. The van der Waals surface area contributed by atoms with E-state index in [0.29, 0.717) is 38.8 Å². The molecule has 0 unspecified atom stereocenters. The van der Waals surface area contributed by atoms with Crippen LogP contribution in [0.15, 0.2) is 24.3 Å². The highest BCUT2D eigenvalue weighted by Gasteiger charge is 2.28. The molecular formula is C18H21N3O3S. The van der Waals surface area contributed by atoms with E-state index in [-0.39, 0.29) is 17.7 Å².